The highest BCUT2D eigenvalue weighted by molar-refractivity contribution is 5.28. The maximum atomic E-state index is 9.61. The van der Waals surface area contributed by atoms with Gasteiger partial charge in [-0.05, 0) is 24.3 Å². The molecule has 1 heteroatoms. The zero-order chi connectivity index (χ0) is 9.31. The van der Waals surface area contributed by atoms with Gasteiger partial charge in [0.1, 0.15) is 5.60 Å². The second-order valence-electron chi connectivity index (χ2n) is 3.69. The highest BCUT2D eigenvalue weighted by Gasteiger charge is 2.41. The average Bonchev–Trinajstić information content (AvgIpc) is 2.14. The molecule has 0 aromatic heterocycles. The van der Waals surface area contributed by atoms with Gasteiger partial charge in [0.15, 0.2) is 0 Å². The van der Waals surface area contributed by atoms with E-state index in [1.807, 2.05) is 18.2 Å². The molecule has 0 bridgehead atoms. The lowest BCUT2D eigenvalue weighted by Gasteiger charge is -2.40. The summed E-state index contributed by atoms with van der Waals surface area (Å²) in [5.41, 5.74) is 0.447. The second kappa shape index (κ2) is 2.90. The summed E-state index contributed by atoms with van der Waals surface area (Å²) in [6.07, 6.45) is 6.61. The largest absolute Gasteiger partial charge is 0.378 e. The zero-order valence-corrected chi connectivity index (χ0v) is 7.40. The first-order chi connectivity index (χ1) is 6.23. The molecule has 1 aromatic rings. The minimum atomic E-state index is -0.833. The Balaban J connectivity index is 2.07. The Hall–Kier alpha value is -1.26. The molecule has 13 heavy (non-hydrogen) atoms. The predicted molar refractivity (Wildman–Crippen MR) is 52.2 cm³/mol. The van der Waals surface area contributed by atoms with E-state index in [1.165, 1.54) is 5.56 Å². The molecule has 66 valence electrons. The SMILES string of the molecule is C#CC1(O)CC(c2ccccc2)C1. The van der Waals surface area contributed by atoms with E-state index in [4.69, 9.17) is 6.42 Å². The molecule has 0 aliphatic heterocycles. The third-order valence-electron chi connectivity index (χ3n) is 2.71. The molecule has 1 N–H and O–H groups in total. The van der Waals surface area contributed by atoms with Gasteiger partial charge in [-0.2, -0.15) is 0 Å². The zero-order valence-electron chi connectivity index (χ0n) is 7.40. The summed E-state index contributed by atoms with van der Waals surface area (Å²) < 4.78 is 0. The number of hydrogen-bond donors (Lipinski definition) is 1. The van der Waals surface area contributed by atoms with E-state index in [9.17, 15) is 5.11 Å². The van der Waals surface area contributed by atoms with Crippen LogP contribution in [-0.2, 0) is 0 Å². The Morgan fingerprint density at radius 3 is 2.46 bits per heavy atom. The van der Waals surface area contributed by atoms with Crippen molar-refractivity contribution in [2.24, 2.45) is 0 Å². The molecular formula is C12H12O. The summed E-state index contributed by atoms with van der Waals surface area (Å²) in [5, 5.41) is 9.61. The van der Waals surface area contributed by atoms with Crippen LogP contribution in [0.5, 0.6) is 0 Å². The van der Waals surface area contributed by atoms with E-state index in [0.717, 1.165) is 0 Å². The van der Waals surface area contributed by atoms with E-state index in [-0.39, 0.29) is 0 Å². The van der Waals surface area contributed by atoms with Crippen LogP contribution in [0.1, 0.15) is 24.3 Å². The van der Waals surface area contributed by atoms with Crippen LogP contribution in [0, 0.1) is 12.3 Å². The van der Waals surface area contributed by atoms with Crippen molar-refractivity contribution >= 4 is 0 Å². The molecular weight excluding hydrogens is 160 g/mol. The Morgan fingerprint density at radius 2 is 1.92 bits per heavy atom. The van der Waals surface area contributed by atoms with Gasteiger partial charge in [-0.3, -0.25) is 0 Å². The summed E-state index contributed by atoms with van der Waals surface area (Å²) in [7, 11) is 0. The summed E-state index contributed by atoms with van der Waals surface area (Å²) in [6, 6.07) is 10.2. The van der Waals surface area contributed by atoms with Crippen LogP contribution in [0.4, 0.5) is 0 Å². The van der Waals surface area contributed by atoms with Crippen molar-refractivity contribution in [1.29, 1.82) is 0 Å². The van der Waals surface area contributed by atoms with Gasteiger partial charge in [0.05, 0.1) is 0 Å². The van der Waals surface area contributed by atoms with E-state index in [0.29, 0.717) is 18.8 Å². The molecule has 1 aliphatic carbocycles. The highest BCUT2D eigenvalue weighted by atomic mass is 16.3. The molecule has 1 aromatic carbocycles. The minimum Gasteiger partial charge on any atom is -0.378 e. The minimum absolute atomic E-state index is 0.447. The molecule has 0 radical (unpaired) electrons. The molecule has 1 nitrogen and oxygen atoms in total. The second-order valence-corrected chi connectivity index (χ2v) is 3.69. The molecule has 1 fully saturated rings. The first-order valence-corrected chi connectivity index (χ1v) is 4.49. The van der Waals surface area contributed by atoms with Crippen LogP contribution in [0.2, 0.25) is 0 Å². The van der Waals surface area contributed by atoms with Gasteiger partial charge >= 0.3 is 0 Å². The Morgan fingerprint density at radius 1 is 1.31 bits per heavy atom. The van der Waals surface area contributed by atoms with Crippen LogP contribution in [-0.4, -0.2) is 10.7 Å². The Bertz CT molecular complexity index is 328. The first-order valence-electron chi connectivity index (χ1n) is 4.49. The third kappa shape index (κ3) is 1.46. The third-order valence-corrected chi connectivity index (χ3v) is 2.71. The molecule has 2 rings (SSSR count). The standard InChI is InChI=1S/C12H12O/c1-2-12(13)8-11(9-12)10-6-4-3-5-7-10/h1,3-7,11,13H,8-9H2. The number of terminal acetylenes is 1. The number of hydrogen-bond acceptors (Lipinski definition) is 1. The van der Waals surface area contributed by atoms with Gasteiger partial charge in [0.25, 0.3) is 0 Å². The molecule has 0 heterocycles. The number of benzene rings is 1. The van der Waals surface area contributed by atoms with Gasteiger partial charge in [-0.1, -0.05) is 36.3 Å². The maximum absolute atomic E-state index is 9.61. The van der Waals surface area contributed by atoms with Crippen LogP contribution in [0.15, 0.2) is 30.3 Å². The number of rotatable bonds is 1. The molecule has 1 saturated carbocycles. The Labute approximate surface area is 78.4 Å². The quantitative estimate of drug-likeness (QED) is 0.642. The molecule has 0 spiro atoms. The maximum Gasteiger partial charge on any atom is 0.126 e. The summed E-state index contributed by atoms with van der Waals surface area (Å²) in [4.78, 5) is 0. The molecule has 0 unspecified atom stereocenters. The van der Waals surface area contributed by atoms with Gasteiger partial charge in [-0.15, -0.1) is 6.42 Å². The van der Waals surface area contributed by atoms with Crippen LogP contribution in [0.3, 0.4) is 0 Å². The van der Waals surface area contributed by atoms with Gasteiger partial charge in [0, 0.05) is 0 Å². The van der Waals surface area contributed by atoms with E-state index >= 15 is 0 Å². The molecule has 1 aliphatic rings. The van der Waals surface area contributed by atoms with Gasteiger partial charge in [-0.25, -0.2) is 0 Å². The lowest BCUT2D eigenvalue weighted by Crippen LogP contribution is -2.40. The average molecular weight is 172 g/mol. The van der Waals surface area contributed by atoms with Crippen molar-refractivity contribution in [2.45, 2.75) is 24.4 Å². The van der Waals surface area contributed by atoms with Gasteiger partial charge < -0.3 is 5.11 Å². The topological polar surface area (TPSA) is 20.2 Å². The lowest BCUT2D eigenvalue weighted by molar-refractivity contribution is 0.00608. The summed E-state index contributed by atoms with van der Waals surface area (Å²) in [5.74, 6) is 2.88. The van der Waals surface area contributed by atoms with Gasteiger partial charge in [0.2, 0.25) is 0 Å². The van der Waals surface area contributed by atoms with Crippen LogP contribution >= 0.6 is 0 Å². The fraction of sp³-hybridized carbons (Fsp3) is 0.333. The van der Waals surface area contributed by atoms with Crippen molar-refractivity contribution in [2.75, 3.05) is 0 Å². The van der Waals surface area contributed by atoms with E-state index < -0.39 is 5.60 Å². The molecule has 0 saturated heterocycles. The molecule has 0 atom stereocenters. The fourth-order valence-corrected chi connectivity index (χ4v) is 1.83. The van der Waals surface area contributed by atoms with Crippen molar-refractivity contribution in [3.63, 3.8) is 0 Å². The normalized spacial score (nSPS) is 31.8. The smallest absolute Gasteiger partial charge is 0.126 e. The lowest BCUT2D eigenvalue weighted by atomic mass is 9.68. The first kappa shape index (κ1) is 8.34. The highest BCUT2D eigenvalue weighted by Crippen LogP contribution is 2.43. The molecule has 0 amide bonds. The fourth-order valence-electron chi connectivity index (χ4n) is 1.83. The van der Waals surface area contributed by atoms with E-state index in [1.54, 1.807) is 0 Å². The van der Waals surface area contributed by atoms with Crippen molar-refractivity contribution in [1.82, 2.24) is 0 Å². The van der Waals surface area contributed by atoms with Crippen molar-refractivity contribution in [3.8, 4) is 12.3 Å². The number of aliphatic hydroxyl groups is 1. The summed E-state index contributed by atoms with van der Waals surface area (Å²) >= 11 is 0. The summed E-state index contributed by atoms with van der Waals surface area (Å²) in [6.45, 7) is 0. The Kier molecular flexibility index (Phi) is 1.86. The predicted octanol–water partition coefficient (Wildman–Crippen LogP) is 1.93. The van der Waals surface area contributed by atoms with Crippen molar-refractivity contribution < 1.29 is 5.11 Å². The van der Waals surface area contributed by atoms with E-state index in [2.05, 4.69) is 18.1 Å². The van der Waals surface area contributed by atoms with Crippen LogP contribution < -0.4 is 0 Å². The van der Waals surface area contributed by atoms with Crippen molar-refractivity contribution in [3.05, 3.63) is 35.9 Å². The van der Waals surface area contributed by atoms with Crippen LogP contribution in [0.25, 0.3) is 0 Å². The monoisotopic (exact) mass is 172 g/mol.